The maximum Gasteiger partial charge on any atom is 0.315 e. The normalized spacial score (nSPS) is 18.0. The minimum Gasteiger partial charge on any atom is -0.368 e. The Morgan fingerprint density at radius 3 is 2.67 bits per heavy atom. The van der Waals surface area contributed by atoms with Crippen molar-refractivity contribution in [3.63, 3.8) is 0 Å². The average Bonchev–Trinajstić information content (AvgIpc) is 3.05. The van der Waals surface area contributed by atoms with Crippen LogP contribution in [-0.4, -0.2) is 47.9 Å². The van der Waals surface area contributed by atoms with Crippen molar-refractivity contribution in [3.8, 4) is 0 Å². The molecule has 7 heteroatoms. The van der Waals surface area contributed by atoms with Gasteiger partial charge in [0.05, 0.1) is 0 Å². The first-order chi connectivity index (χ1) is 11.5. The van der Waals surface area contributed by atoms with E-state index in [0.717, 1.165) is 12.0 Å². The number of carbonyl (C=O) groups is 3. The monoisotopic (exact) mass is 332 g/mol. The molecule has 24 heavy (non-hydrogen) atoms. The van der Waals surface area contributed by atoms with Crippen molar-refractivity contribution >= 4 is 17.8 Å². The summed E-state index contributed by atoms with van der Waals surface area (Å²) in [6.07, 6.45) is 2.04. The van der Waals surface area contributed by atoms with Crippen molar-refractivity contribution in [2.24, 2.45) is 5.73 Å². The van der Waals surface area contributed by atoms with Gasteiger partial charge in [-0.15, -0.1) is 0 Å². The second-order valence-corrected chi connectivity index (χ2v) is 5.95. The summed E-state index contributed by atoms with van der Waals surface area (Å²) < 4.78 is 0. The van der Waals surface area contributed by atoms with Gasteiger partial charge in [0.2, 0.25) is 11.8 Å². The second kappa shape index (κ2) is 8.33. The molecule has 4 N–H and O–H groups in total. The summed E-state index contributed by atoms with van der Waals surface area (Å²) in [5.41, 5.74) is 6.44. The third-order valence-electron chi connectivity index (χ3n) is 4.12. The van der Waals surface area contributed by atoms with Crippen LogP contribution in [0.5, 0.6) is 0 Å². The topological polar surface area (TPSA) is 105 Å². The number of hydrogen-bond donors (Lipinski definition) is 3. The number of primary amides is 1. The van der Waals surface area contributed by atoms with Crippen molar-refractivity contribution in [3.05, 3.63) is 35.9 Å². The molecule has 0 spiro atoms. The first kappa shape index (κ1) is 17.8. The fraction of sp³-hybridized carbons (Fsp3) is 0.471. The average molecular weight is 332 g/mol. The zero-order valence-electron chi connectivity index (χ0n) is 13.8. The van der Waals surface area contributed by atoms with Crippen LogP contribution >= 0.6 is 0 Å². The van der Waals surface area contributed by atoms with Crippen molar-refractivity contribution < 1.29 is 14.4 Å². The Hall–Kier alpha value is -2.57. The van der Waals surface area contributed by atoms with Crippen molar-refractivity contribution in [2.45, 2.75) is 38.3 Å². The van der Waals surface area contributed by atoms with Crippen LogP contribution in [0.1, 0.15) is 25.3 Å². The molecule has 0 saturated carbocycles. The van der Waals surface area contributed by atoms with E-state index >= 15 is 0 Å². The molecular formula is C17H24N4O3. The van der Waals surface area contributed by atoms with Gasteiger partial charge in [0.25, 0.3) is 0 Å². The number of amides is 4. The summed E-state index contributed by atoms with van der Waals surface area (Å²) >= 11 is 0. The summed E-state index contributed by atoms with van der Waals surface area (Å²) in [5.74, 6) is -0.783. The Balaban J connectivity index is 1.76. The highest BCUT2D eigenvalue weighted by atomic mass is 16.2. The van der Waals surface area contributed by atoms with Gasteiger partial charge < -0.3 is 21.3 Å². The van der Waals surface area contributed by atoms with Gasteiger partial charge in [-0.05, 0) is 31.7 Å². The lowest BCUT2D eigenvalue weighted by molar-refractivity contribution is -0.138. The van der Waals surface area contributed by atoms with E-state index in [1.54, 1.807) is 6.92 Å². The Bertz CT molecular complexity index is 591. The van der Waals surface area contributed by atoms with E-state index in [9.17, 15) is 14.4 Å². The number of rotatable bonds is 6. The maximum atomic E-state index is 12.4. The highest BCUT2D eigenvalue weighted by Gasteiger charge is 2.35. The van der Waals surface area contributed by atoms with E-state index in [1.807, 2.05) is 30.3 Å². The van der Waals surface area contributed by atoms with E-state index in [2.05, 4.69) is 10.6 Å². The molecule has 1 aromatic rings. The fourth-order valence-corrected chi connectivity index (χ4v) is 2.85. The summed E-state index contributed by atoms with van der Waals surface area (Å²) in [7, 11) is 0. The molecule has 0 aromatic heterocycles. The summed E-state index contributed by atoms with van der Waals surface area (Å²) in [5, 5.41) is 5.34. The molecule has 0 bridgehead atoms. The second-order valence-electron chi connectivity index (χ2n) is 5.95. The van der Waals surface area contributed by atoms with Crippen LogP contribution in [0.2, 0.25) is 0 Å². The van der Waals surface area contributed by atoms with Crippen molar-refractivity contribution in [1.82, 2.24) is 15.5 Å². The number of urea groups is 1. The zero-order chi connectivity index (χ0) is 17.5. The Kier molecular flexibility index (Phi) is 6.17. The van der Waals surface area contributed by atoms with E-state index in [1.165, 1.54) is 4.90 Å². The van der Waals surface area contributed by atoms with Gasteiger partial charge in [-0.1, -0.05) is 30.3 Å². The zero-order valence-corrected chi connectivity index (χ0v) is 13.8. The van der Waals surface area contributed by atoms with E-state index in [-0.39, 0.29) is 5.91 Å². The molecule has 1 unspecified atom stereocenters. The lowest BCUT2D eigenvalue weighted by Gasteiger charge is -2.25. The molecule has 2 rings (SSSR count). The van der Waals surface area contributed by atoms with Gasteiger partial charge in [-0.25, -0.2) is 4.79 Å². The molecular weight excluding hydrogens is 308 g/mol. The summed E-state index contributed by atoms with van der Waals surface area (Å²) in [6, 6.07) is 8.13. The highest BCUT2D eigenvalue weighted by Crippen LogP contribution is 2.17. The fourth-order valence-electron chi connectivity index (χ4n) is 2.85. The molecule has 0 aliphatic carbocycles. The molecule has 1 fully saturated rings. The lowest BCUT2D eigenvalue weighted by Crippen LogP contribution is -2.53. The molecule has 1 aromatic carbocycles. The van der Waals surface area contributed by atoms with E-state index in [4.69, 9.17) is 5.73 Å². The predicted octanol–water partition coefficient (Wildman–Crippen LogP) is 0.393. The molecule has 7 nitrogen and oxygen atoms in total. The number of carbonyl (C=O) groups excluding carboxylic acids is 3. The van der Waals surface area contributed by atoms with Crippen molar-refractivity contribution in [1.29, 1.82) is 0 Å². The smallest absolute Gasteiger partial charge is 0.315 e. The van der Waals surface area contributed by atoms with Gasteiger partial charge in [0.1, 0.15) is 12.1 Å². The standard InChI is InChI=1S/C17H24N4O3/c1-12(16(23)21-11-5-8-14(21)15(18)22)20-17(24)19-10-9-13-6-3-2-4-7-13/h2-4,6-7,12,14H,5,8-11H2,1H3,(H2,18,22)(H2,19,20,24)/t12?,14-/m0/s1. The molecule has 1 saturated heterocycles. The number of hydrogen-bond acceptors (Lipinski definition) is 3. The summed E-state index contributed by atoms with van der Waals surface area (Å²) in [4.78, 5) is 37.1. The number of benzene rings is 1. The summed E-state index contributed by atoms with van der Waals surface area (Å²) in [6.45, 7) is 2.58. The maximum absolute atomic E-state index is 12.4. The SMILES string of the molecule is CC(NC(=O)NCCc1ccccc1)C(=O)N1CCC[C@H]1C(N)=O. The highest BCUT2D eigenvalue weighted by molar-refractivity contribution is 5.91. The number of likely N-dealkylation sites (tertiary alicyclic amines) is 1. The quantitative estimate of drug-likeness (QED) is 0.702. The number of nitrogens with zero attached hydrogens (tertiary/aromatic N) is 1. The van der Waals surface area contributed by atoms with Crippen LogP contribution in [0.25, 0.3) is 0 Å². The molecule has 1 aliphatic rings. The first-order valence-corrected chi connectivity index (χ1v) is 8.17. The number of nitrogens with one attached hydrogen (secondary N) is 2. The third kappa shape index (κ3) is 4.71. The van der Waals surface area contributed by atoms with Gasteiger partial charge in [0, 0.05) is 13.1 Å². The van der Waals surface area contributed by atoms with Gasteiger partial charge in [0.15, 0.2) is 0 Å². The predicted molar refractivity (Wildman–Crippen MR) is 90.1 cm³/mol. The van der Waals surface area contributed by atoms with Crippen LogP contribution in [0.15, 0.2) is 30.3 Å². The van der Waals surface area contributed by atoms with Gasteiger partial charge in [-0.3, -0.25) is 9.59 Å². The Labute approximate surface area is 141 Å². The lowest BCUT2D eigenvalue weighted by atomic mass is 10.1. The van der Waals surface area contributed by atoms with Crippen LogP contribution < -0.4 is 16.4 Å². The van der Waals surface area contributed by atoms with E-state index < -0.39 is 24.0 Å². The van der Waals surface area contributed by atoms with Crippen LogP contribution in [0, 0.1) is 0 Å². The third-order valence-corrected chi connectivity index (χ3v) is 4.12. The molecule has 4 amide bonds. The van der Waals surface area contributed by atoms with Gasteiger partial charge >= 0.3 is 6.03 Å². The number of nitrogens with two attached hydrogens (primary N) is 1. The molecule has 1 aliphatic heterocycles. The van der Waals surface area contributed by atoms with Crippen LogP contribution in [-0.2, 0) is 16.0 Å². The van der Waals surface area contributed by atoms with E-state index in [0.29, 0.717) is 25.9 Å². The van der Waals surface area contributed by atoms with Crippen LogP contribution in [0.4, 0.5) is 4.79 Å². The molecule has 130 valence electrons. The molecule has 1 heterocycles. The molecule has 0 radical (unpaired) electrons. The van der Waals surface area contributed by atoms with Gasteiger partial charge in [-0.2, -0.15) is 0 Å². The minimum atomic E-state index is -0.707. The Morgan fingerprint density at radius 2 is 2.00 bits per heavy atom. The molecule has 2 atom stereocenters. The largest absolute Gasteiger partial charge is 0.368 e. The van der Waals surface area contributed by atoms with Crippen molar-refractivity contribution in [2.75, 3.05) is 13.1 Å². The Morgan fingerprint density at radius 1 is 1.29 bits per heavy atom. The minimum absolute atomic E-state index is 0.283. The van der Waals surface area contributed by atoms with Crippen LogP contribution in [0.3, 0.4) is 0 Å². The first-order valence-electron chi connectivity index (χ1n) is 8.17.